The number of carbonyl (C=O) groups excluding carboxylic acids is 1. The monoisotopic (exact) mass is 526 g/mol. The molecule has 0 aliphatic heterocycles. The highest BCUT2D eigenvalue weighted by molar-refractivity contribution is 9.10. The van der Waals surface area contributed by atoms with E-state index in [2.05, 4.69) is 61.3 Å². The van der Waals surface area contributed by atoms with E-state index in [0.29, 0.717) is 5.69 Å². The number of para-hydroxylation sites is 2. The molecule has 0 atom stereocenters. The first-order valence-corrected chi connectivity index (χ1v) is 10.6. The summed E-state index contributed by atoms with van der Waals surface area (Å²) < 4.78 is 6.47. The maximum atomic E-state index is 12.9. The Labute approximate surface area is 191 Å². The van der Waals surface area contributed by atoms with Gasteiger partial charge in [-0.05, 0) is 59.9 Å². The molecule has 0 fully saturated rings. The predicted octanol–water partition coefficient (Wildman–Crippen LogP) is 3.07. The van der Waals surface area contributed by atoms with Crippen molar-refractivity contribution < 1.29 is 26.2 Å². The van der Waals surface area contributed by atoms with Crippen molar-refractivity contribution in [1.82, 2.24) is 4.57 Å². The topological polar surface area (TPSA) is 26.1 Å². The van der Waals surface area contributed by atoms with E-state index in [4.69, 9.17) is 0 Å². The zero-order valence-electron chi connectivity index (χ0n) is 15.5. The number of aromatic nitrogens is 2. The van der Waals surface area contributed by atoms with E-state index in [0.717, 1.165) is 36.6 Å². The Morgan fingerprint density at radius 2 is 1.59 bits per heavy atom. The molecule has 0 N–H and O–H groups in total. The van der Waals surface area contributed by atoms with Gasteiger partial charge in [-0.25, -0.2) is 0 Å². The zero-order chi connectivity index (χ0) is 19.3. The van der Waals surface area contributed by atoms with Crippen LogP contribution < -0.4 is 21.4 Å². The van der Waals surface area contributed by atoms with Gasteiger partial charge >= 0.3 is 4.96 Å². The van der Waals surface area contributed by atoms with Crippen LogP contribution in [0.4, 0.5) is 0 Å². The van der Waals surface area contributed by atoms with Gasteiger partial charge in [-0.2, -0.15) is 8.97 Å². The number of carbonyl (C=O) groups is 1. The summed E-state index contributed by atoms with van der Waals surface area (Å²) in [5, 5.41) is 0. The number of fused-ring (bicyclic) bond motifs is 3. The molecule has 144 valence electrons. The Hall–Kier alpha value is -2.28. The number of benzene rings is 3. The van der Waals surface area contributed by atoms with E-state index in [1.54, 1.807) is 18.3 Å². The number of halogens is 2. The van der Waals surface area contributed by atoms with Crippen LogP contribution in [0.15, 0.2) is 83.3 Å². The SMILES string of the molecule is CC(=O)c1c(-c2ccc(Br)cc2)n(-c2ccccc2)c2sc3ccccc3[n+]12.[Br-]. The summed E-state index contributed by atoms with van der Waals surface area (Å²) in [4.78, 5) is 13.9. The average Bonchev–Trinajstić information content (AvgIpc) is 3.23. The van der Waals surface area contributed by atoms with Gasteiger partial charge in [0.2, 0.25) is 11.5 Å². The highest BCUT2D eigenvalue weighted by atomic mass is 79.9. The molecule has 3 aromatic carbocycles. The molecule has 0 saturated heterocycles. The van der Waals surface area contributed by atoms with E-state index < -0.39 is 0 Å². The molecule has 0 aliphatic carbocycles. The second-order valence-corrected chi connectivity index (χ2v) is 8.54. The first-order chi connectivity index (χ1) is 13.6. The van der Waals surface area contributed by atoms with Crippen LogP contribution in [0.5, 0.6) is 0 Å². The molecule has 2 heterocycles. The van der Waals surface area contributed by atoms with Crippen LogP contribution in [0.2, 0.25) is 0 Å². The van der Waals surface area contributed by atoms with Crippen LogP contribution in [0.1, 0.15) is 17.4 Å². The number of ketones is 1. The normalized spacial score (nSPS) is 11.0. The van der Waals surface area contributed by atoms with Crippen LogP contribution in [-0.2, 0) is 0 Å². The van der Waals surface area contributed by atoms with Gasteiger partial charge in [0.05, 0.1) is 4.70 Å². The quantitative estimate of drug-likeness (QED) is 0.261. The first-order valence-electron chi connectivity index (χ1n) is 8.95. The number of nitrogens with zero attached hydrogens (tertiary/aromatic N) is 2. The Morgan fingerprint density at radius 3 is 2.28 bits per heavy atom. The number of hydrogen-bond donors (Lipinski definition) is 0. The van der Waals surface area contributed by atoms with E-state index in [1.807, 2.05) is 42.5 Å². The summed E-state index contributed by atoms with van der Waals surface area (Å²) in [5.74, 6) is 0.0474. The summed E-state index contributed by atoms with van der Waals surface area (Å²) in [6.45, 7) is 1.64. The zero-order valence-corrected chi connectivity index (χ0v) is 19.5. The summed E-state index contributed by atoms with van der Waals surface area (Å²) in [6.07, 6.45) is 0. The second kappa shape index (κ2) is 7.86. The molecule has 3 nitrogen and oxygen atoms in total. The molecule has 5 aromatic rings. The number of imidazole rings is 1. The minimum Gasteiger partial charge on any atom is -1.00 e. The third-order valence-corrected chi connectivity index (χ3v) is 6.47. The van der Waals surface area contributed by atoms with Crippen molar-refractivity contribution in [2.75, 3.05) is 0 Å². The largest absolute Gasteiger partial charge is 1.00 e. The number of thiazole rings is 1. The molecule has 2 aromatic heterocycles. The fraction of sp³-hybridized carbons (Fsp3) is 0.0435. The summed E-state index contributed by atoms with van der Waals surface area (Å²) in [6, 6.07) is 26.6. The molecule has 29 heavy (non-hydrogen) atoms. The molecule has 0 amide bonds. The molecular formula is C23H16Br2N2OS. The maximum absolute atomic E-state index is 12.9. The van der Waals surface area contributed by atoms with Crippen LogP contribution in [-0.4, -0.2) is 10.4 Å². The van der Waals surface area contributed by atoms with Gasteiger partial charge in [-0.1, -0.05) is 46.3 Å². The predicted molar refractivity (Wildman–Crippen MR) is 117 cm³/mol. The van der Waals surface area contributed by atoms with Gasteiger partial charge in [-0.15, -0.1) is 0 Å². The number of rotatable bonds is 3. The van der Waals surface area contributed by atoms with Crippen molar-refractivity contribution in [3.63, 3.8) is 0 Å². The van der Waals surface area contributed by atoms with E-state index >= 15 is 0 Å². The lowest BCUT2D eigenvalue weighted by atomic mass is 10.1. The van der Waals surface area contributed by atoms with Crippen LogP contribution in [0, 0.1) is 0 Å². The average molecular weight is 528 g/mol. The Bertz CT molecular complexity index is 1340. The third kappa shape index (κ3) is 3.25. The van der Waals surface area contributed by atoms with Gasteiger partial charge in [0.25, 0.3) is 0 Å². The van der Waals surface area contributed by atoms with Gasteiger partial charge in [0, 0.05) is 17.0 Å². The minimum atomic E-state index is 0. The van der Waals surface area contributed by atoms with Gasteiger partial charge in [0.15, 0.2) is 11.2 Å². The molecule has 0 bridgehead atoms. The van der Waals surface area contributed by atoms with Crippen LogP contribution in [0.3, 0.4) is 0 Å². The lowest BCUT2D eigenvalue weighted by Gasteiger charge is -2.04. The minimum absolute atomic E-state index is 0. The molecule has 0 unspecified atom stereocenters. The maximum Gasteiger partial charge on any atom is 0.353 e. The molecule has 0 aliphatic rings. The van der Waals surface area contributed by atoms with E-state index in [-0.39, 0.29) is 22.8 Å². The smallest absolute Gasteiger partial charge is 0.353 e. The molecule has 0 saturated carbocycles. The van der Waals surface area contributed by atoms with Crippen molar-refractivity contribution in [2.24, 2.45) is 0 Å². The highest BCUT2D eigenvalue weighted by Gasteiger charge is 2.33. The number of hydrogen-bond acceptors (Lipinski definition) is 2. The van der Waals surface area contributed by atoms with Gasteiger partial charge in [-0.3, -0.25) is 4.79 Å². The Kier molecular flexibility index (Phi) is 5.42. The Morgan fingerprint density at radius 1 is 0.931 bits per heavy atom. The standard InChI is InChI=1S/C23H16BrN2OS.BrH/c1-15(27)21-22(16-11-13-17(24)14-12-16)25(18-7-3-2-4-8-18)23-26(21)19-9-5-6-10-20(19)28-23;/h2-14H,1H3;1H/q+1;/p-1. The Balaban J connectivity index is 0.00000205. The molecule has 6 heteroatoms. The highest BCUT2D eigenvalue weighted by Crippen LogP contribution is 2.34. The third-order valence-electron chi connectivity index (χ3n) is 4.83. The fourth-order valence-corrected chi connectivity index (χ4v) is 5.10. The lowest BCUT2D eigenvalue weighted by molar-refractivity contribution is -0.478. The van der Waals surface area contributed by atoms with Crippen molar-refractivity contribution >= 4 is 48.2 Å². The van der Waals surface area contributed by atoms with E-state index in [1.165, 1.54) is 0 Å². The van der Waals surface area contributed by atoms with Gasteiger partial charge < -0.3 is 17.0 Å². The summed E-state index contributed by atoms with van der Waals surface area (Å²) in [5.41, 5.74) is 4.73. The van der Waals surface area contributed by atoms with E-state index in [9.17, 15) is 4.79 Å². The van der Waals surface area contributed by atoms with Crippen molar-refractivity contribution in [3.8, 4) is 16.9 Å². The molecule has 0 spiro atoms. The fourth-order valence-electron chi connectivity index (χ4n) is 3.66. The van der Waals surface area contributed by atoms with Crippen LogP contribution in [0.25, 0.3) is 32.1 Å². The molecule has 0 radical (unpaired) electrons. The molecular weight excluding hydrogens is 512 g/mol. The lowest BCUT2D eigenvalue weighted by Crippen LogP contribution is -3.00. The first kappa shape index (κ1) is 20.0. The van der Waals surface area contributed by atoms with Crippen molar-refractivity contribution in [3.05, 3.63) is 89.0 Å². The number of Topliss-reactive ketones (excluding diaryl/α,β-unsaturated/α-hetero) is 1. The van der Waals surface area contributed by atoms with Crippen molar-refractivity contribution in [2.45, 2.75) is 6.92 Å². The van der Waals surface area contributed by atoms with Crippen molar-refractivity contribution in [1.29, 1.82) is 0 Å². The van der Waals surface area contributed by atoms with Crippen LogP contribution >= 0.6 is 27.3 Å². The van der Waals surface area contributed by atoms with Gasteiger partial charge in [0.1, 0.15) is 5.69 Å². The summed E-state index contributed by atoms with van der Waals surface area (Å²) in [7, 11) is 0. The second-order valence-electron chi connectivity index (χ2n) is 6.62. The molecule has 5 rings (SSSR count). The summed E-state index contributed by atoms with van der Waals surface area (Å²) >= 11 is 5.21.